The number of rotatable bonds is 7. The topological polar surface area (TPSA) is 121 Å². The van der Waals surface area contributed by atoms with Gasteiger partial charge in [0.2, 0.25) is 5.88 Å². The minimum atomic E-state index is -4.19. The summed E-state index contributed by atoms with van der Waals surface area (Å²) in [5, 5.41) is 7.31. The van der Waals surface area contributed by atoms with E-state index >= 15 is 0 Å². The zero-order valence-corrected chi connectivity index (χ0v) is 19.6. The molecule has 1 N–H and O–H groups in total. The van der Waals surface area contributed by atoms with Crippen LogP contribution in [0.25, 0.3) is 11.0 Å². The van der Waals surface area contributed by atoms with Crippen molar-refractivity contribution in [2.75, 3.05) is 18.9 Å². The fourth-order valence-corrected chi connectivity index (χ4v) is 5.35. The summed E-state index contributed by atoms with van der Waals surface area (Å²) in [5.74, 6) is -0.351. The Morgan fingerprint density at radius 1 is 1.11 bits per heavy atom. The van der Waals surface area contributed by atoms with Crippen molar-refractivity contribution in [3.8, 4) is 11.6 Å². The molecule has 184 valence electrons. The first-order valence-electron chi connectivity index (χ1n) is 10.7. The van der Waals surface area contributed by atoms with Crippen molar-refractivity contribution in [2.45, 2.75) is 36.6 Å². The zero-order valence-electron chi connectivity index (χ0n) is 18.8. The van der Waals surface area contributed by atoms with Gasteiger partial charge in [-0.2, -0.15) is 13.9 Å². The van der Waals surface area contributed by atoms with Crippen molar-refractivity contribution >= 4 is 26.8 Å². The van der Waals surface area contributed by atoms with Crippen molar-refractivity contribution < 1.29 is 31.2 Å². The van der Waals surface area contributed by atoms with Crippen LogP contribution in [0, 0.1) is 0 Å². The van der Waals surface area contributed by atoms with Gasteiger partial charge >= 0.3 is 6.05 Å². The second-order valence-electron chi connectivity index (χ2n) is 8.00. The van der Waals surface area contributed by atoms with Crippen LogP contribution in [-0.4, -0.2) is 42.6 Å². The quantitative estimate of drug-likeness (QED) is 0.403. The van der Waals surface area contributed by atoms with E-state index in [0.717, 1.165) is 49.1 Å². The molecule has 0 fully saturated rings. The summed E-state index contributed by atoms with van der Waals surface area (Å²) in [6.07, 6.45) is 5.90. The lowest BCUT2D eigenvalue weighted by atomic mass is 9.92. The molecule has 3 aromatic heterocycles. The monoisotopic (exact) mass is 505 g/mol. The van der Waals surface area contributed by atoms with E-state index in [1.54, 1.807) is 12.1 Å². The van der Waals surface area contributed by atoms with Crippen molar-refractivity contribution in [1.29, 1.82) is 0 Å². The molecular weight excluding hydrogens is 484 g/mol. The lowest BCUT2D eigenvalue weighted by Gasteiger charge is -2.19. The molecule has 0 spiro atoms. The first kappa shape index (κ1) is 23.0. The Bertz CT molecular complexity index is 1500. The third-order valence-corrected chi connectivity index (χ3v) is 7.22. The summed E-state index contributed by atoms with van der Waals surface area (Å²) in [7, 11) is -1.58. The number of fused-ring (bicyclic) bond motifs is 2. The van der Waals surface area contributed by atoms with Gasteiger partial charge in [0.1, 0.15) is 21.7 Å². The van der Waals surface area contributed by atoms with Gasteiger partial charge in [0, 0.05) is 18.5 Å². The van der Waals surface area contributed by atoms with Gasteiger partial charge in [0.05, 0.1) is 14.2 Å². The normalized spacial score (nSPS) is 14.1. The number of alkyl halides is 2. The summed E-state index contributed by atoms with van der Waals surface area (Å²) >= 11 is 0. The molecule has 0 unspecified atom stereocenters. The molecule has 1 aliphatic rings. The van der Waals surface area contributed by atoms with Crippen LogP contribution in [0.4, 0.5) is 14.6 Å². The number of ether oxygens (including phenoxy) is 2. The van der Waals surface area contributed by atoms with Crippen molar-refractivity contribution in [3.05, 3.63) is 53.5 Å². The second-order valence-corrected chi connectivity index (χ2v) is 9.65. The molecule has 0 amide bonds. The Kier molecular flexibility index (Phi) is 5.58. The van der Waals surface area contributed by atoms with Crippen LogP contribution in [0.15, 0.2) is 46.1 Å². The average Bonchev–Trinajstić information content (AvgIpc) is 3.53. The molecule has 1 aromatic carbocycles. The highest BCUT2D eigenvalue weighted by Crippen LogP contribution is 2.38. The fourth-order valence-electron chi connectivity index (χ4n) is 4.15. The maximum absolute atomic E-state index is 14.9. The minimum absolute atomic E-state index is 0.00647. The standard InChI is InChI=1S/C22H21F2N5O5S/c1-32-15-10-13-6-3-4-7-14(13)11-17(15)35(30,31)28-20-19-16(34-27-20)12-18(26-21(19)33-2)22(23,24)29-9-5-8-25-29/h5,8-12H,3-4,6-7H2,1-2H3,(H,27,28). The highest BCUT2D eigenvalue weighted by Gasteiger charge is 2.38. The average molecular weight is 506 g/mol. The number of aryl methyl sites for hydroxylation is 2. The maximum atomic E-state index is 14.9. The highest BCUT2D eigenvalue weighted by molar-refractivity contribution is 7.92. The van der Waals surface area contributed by atoms with Gasteiger partial charge in [-0.25, -0.2) is 18.1 Å². The van der Waals surface area contributed by atoms with E-state index in [9.17, 15) is 17.2 Å². The molecule has 35 heavy (non-hydrogen) atoms. The van der Waals surface area contributed by atoms with Crippen molar-refractivity contribution in [2.24, 2.45) is 0 Å². The number of methoxy groups -OCH3 is 2. The number of anilines is 1. The van der Waals surface area contributed by atoms with Crippen LogP contribution in [0.5, 0.6) is 11.6 Å². The van der Waals surface area contributed by atoms with E-state index in [1.165, 1.54) is 26.5 Å². The number of nitrogens with zero attached hydrogens (tertiary/aromatic N) is 4. The molecule has 4 aromatic rings. The number of nitrogens with one attached hydrogen (secondary N) is 1. The van der Waals surface area contributed by atoms with Crippen LogP contribution >= 0.6 is 0 Å². The molecule has 10 nitrogen and oxygen atoms in total. The lowest BCUT2D eigenvalue weighted by molar-refractivity contribution is -0.0526. The van der Waals surface area contributed by atoms with E-state index in [2.05, 4.69) is 20.0 Å². The van der Waals surface area contributed by atoms with Gasteiger partial charge in [-0.05, 0) is 55.0 Å². The van der Waals surface area contributed by atoms with E-state index in [0.29, 0.717) is 4.68 Å². The van der Waals surface area contributed by atoms with Crippen LogP contribution in [-0.2, 0) is 28.9 Å². The van der Waals surface area contributed by atoms with E-state index < -0.39 is 21.8 Å². The summed E-state index contributed by atoms with van der Waals surface area (Å²) in [5.41, 5.74) is 1.13. The zero-order chi connectivity index (χ0) is 24.8. The Hall–Kier alpha value is -3.74. The Morgan fingerprint density at radius 3 is 2.51 bits per heavy atom. The first-order valence-corrected chi connectivity index (χ1v) is 12.2. The van der Waals surface area contributed by atoms with Gasteiger partial charge in [-0.3, -0.25) is 4.72 Å². The summed E-state index contributed by atoms with van der Waals surface area (Å²) in [4.78, 5) is 3.82. The van der Waals surface area contributed by atoms with Gasteiger partial charge in [-0.15, -0.1) is 0 Å². The van der Waals surface area contributed by atoms with Crippen LogP contribution in [0.1, 0.15) is 29.7 Å². The fraction of sp³-hybridized carbons (Fsp3) is 0.318. The largest absolute Gasteiger partial charge is 0.495 e. The predicted molar refractivity (Wildman–Crippen MR) is 120 cm³/mol. The number of halogens is 2. The molecule has 3 heterocycles. The molecule has 5 rings (SSSR count). The third-order valence-electron chi connectivity index (χ3n) is 5.86. The maximum Gasteiger partial charge on any atom is 0.387 e. The second kappa shape index (κ2) is 8.48. The van der Waals surface area contributed by atoms with Crippen LogP contribution in [0.3, 0.4) is 0 Å². The Morgan fingerprint density at radius 2 is 1.86 bits per heavy atom. The summed E-state index contributed by atoms with van der Waals surface area (Å²) < 4.78 is 74.9. The number of aromatic nitrogens is 4. The first-order chi connectivity index (χ1) is 16.7. The molecule has 0 atom stereocenters. The van der Waals surface area contributed by atoms with Crippen LogP contribution < -0.4 is 14.2 Å². The summed E-state index contributed by atoms with van der Waals surface area (Å²) in [6, 6.07) is 2.02. The van der Waals surface area contributed by atoms with Gasteiger partial charge in [0.15, 0.2) is 11.4 Å². The van der Waals surface area contributed by atoms with Crippen LogP contribution in [0.2, 0.25) is 0 Å². The lowest BCUT2D eigenvalue weighted by Crippen LogP contribution is -2.26. The Balaban J connectivity index is 1.56. The van der Waals surface area contributed by atoms with Gasteiger partial charge < -0.3 is 14.0 Å². The van der Waals surface area contributed by atoms with Crippen molar-refractivity contribution in [3.63, 3.8) is 0 Å². The molecule has 0 saturated heterocycles. The van der Waals surface area contributed by atoms with E-state index in [1.807, 2.05) is 0 Å². The molecule has 1 aliphatic carbocycles. The number of pyridine rings is 1. The number of benzene rings is 1. The van der Waals surface area contributed by atoms with E-state index in [4.69, 9.17) is 14.0 Å². The molecule has 0 radical (unpaired) electrons. The minimum Gasteiger partial charge on any atom is -0.495 e. The Labute approximate surface area is 198 Å². The van der Waals surface area contributed by atoms with Gasteiger partial charge in [-0.1, -0.05) is 5.16 Å². The molecule has 0 saturated carbocycles. The molecule has 0 aliphatic heterocycles. The SMILES string of the molecule is COc1cc2c(cc1S(=O)(=O)Nc1noc3cc(C(F)(F)n4cccn4)nc(OC)c13)CCCC2. The smallest absolute Gasteiger partial charge is 0.387 e. The summed E-state index contributed by atoms with van der Waals surface area (Å²) in [6.45, 7) is 0. The molecule has 13 heteroatoms. The van der Waals surface area contributed by atoms with Gasteiger partial charge in [0.25, 0.3) is 10.0 Å². The van der Waals surface area contributed by atoms with E-state index in [-0.39, 0.29) is 33.3 Å². The number of sulfonamides is 1. The molecular formula is C22H21F2N5O5S. The molecule has 0 bridgehead atoms. The highest BCUT2D eigenvalue weighted by atomic mass is 32.2. The number of hydrogen-bond acceptors (Lipinski definition) is 8. The predicted octanol–water partition coefficient (Wildman–Crippen LogP) is 3.71. The third kappa shape index (κ3) is 3.95. The number of hydrogen-bond donors (Lipinski definition) is 1. The van der Waals surface area contributed by atoms with Crippen molar-refractivity contribution in [1.82, 2.24) is 19.9 Å².